The summed E-state index contributed by atoms with van der Waals surface area (Å²) < 4.78 is 11.7. The zero-order chi connectivity index (χ0) is 16.9. The summed E-state index contributed by atoms with van der Waals surface area (Å²) >= 11 is 0. The van der Waals surface area contributed by atoms with Gasteiger partial charge < -0.3 is 5.32 Å². The van der Waals surface area contributed by atoms with Crippen LogP contribution in [-0.4, -0.2) is 27.1 Å². The molecule has 4 nitrogen and oxygen atoms in total. The van der Waals surface area contributed by atoms with Crippen molar-refractivity contribution < 1.29 is 9.00 Å². The van der Waals surface area contributed by atoms with E-state index in [1.165, 1.54) is 0 Å². The van der Waals surface area contributed by atoms with Crippen LogP contribution in [0.25, 0.3) is 10.9 Å². The maximum Gasteiger partial charge on any atom is 0.252 e. The number of pyridine rings is 1. The van der Waals surface area contributed by atoms with E-state index in [1.807, 2.05) is 54.6 Å². The monoisotopic (exact) mass is 338 g/mol. The van der Waals surface area contributed by atoms with Crippen LogP contribution in [0, 0.1) is 0 Å². The lowest BCUT2D eigenvalue weighted by molar-refractivity contribution is 0.0942. The molecule has 3 aromatic rings. The number of hydrogen-bond donors (Lipinski definition) is 1. The van der Waals surface area contributed by atoms with E-state index in [0.717, 1.165) is 16.5 Å². The predicted octanol–water partition coefficient (Wildman–Crippen LogP) is 3.08. The Kier molecular flexibility index (Phi) is 5.01. The Morgan fingerprint density at radius 1 is 1.08 bits per heavy atom. The highest BCUT2D eigenvalue weighted by atomic mass is 32.2. The van der Waals surface area contributed by atoms with E-state index in [1.54, 1.807) is 18.5 Å². The molecule has 0 aliphatic carbocycles. The molecule has 1 amide bonds. The smallest absolute Gasteiger partial charge is 0.252 e. The van der Waals surface area contributed by atoms with Gasteiger partial charge in [-0.15, -0.1) is 0 Å². The maximum absolute atomic E-state index is 12.8. The van der Waals surface area contributed by atoms with Crippen LogP contribution in [0.1, 0.15) is 22.0 Å². The van der Waals surface area contributed by atoms with Gasteiger partial charge in [0.15, 0.2) is 0 Å². The molecule has 5 heteroatoms. The molecule has 0 bridgehead atoms. The molecule has 0 radical (unpaired) electrons. The highest BCUT2D eigenvalue weighted by Crippen LogP contribution is 2.19. The standard InChI is InChI=1S/C19H18N2O2S/c1-24(23)13-18(14-7-3-2-4-8-14)21-19(22)16-9-5-11-17-15(16)10-6-12-20-17/h2-12,18H,13H2,1H3,(H,21,22)/t18-,24+/m0/s1. The second-order valence-electron chi connectivity index (χ2n) is 5.55. The van der Waals surface area contributed by atoms with Gasteiger partial charge in [-0.25, -0.2) is 0 Å². The summed E-state index contributed by atoms with van der Waals surface area (Å²) in [6, 6.07) is 18.5. The highest BCUT2D eigenvalue weighted by molar-refractivity contribution is 7.84. The average Bonchev–Trinajstić information content (AvgIpc) is 2.61. The van der Waals surface area contributed by atoms with Crippen LogP contribution in [0.15, 0.2) is 66.9 Å². The van der Waals surface area contributed by atoms with Gasteiger partial charge in [0.25, 0.3) is 5.91 Å². The molecule has 0 unspecified atom stereocenters. The van der Waals surface area contributed by atoms with E-state index in [9.17, 15) is 9.00 Å². The van der Waals surface area contributed by atoms with Crippen molar-refractivity contribution in [2.75, 3.05) is 12.0 Å². The molecule has 122 valence electrons. The van der Waals surface area contributed by atoms with Gasteiger partial charge >= 0.3 is 0 Å². The third-order valence-electron chi connectivity index (χ3n) is 3.80. The fourth-order valence-corrected chi connectivity index (χ4v) is 3.42. The number of fused-ring (bicyclic) bond motifs is 1. The first-order chi connectivity index (χ1) is 11.6. The molecule has 0 saturated heterocycles. The topological polar surface area (TPSA) is 59.1 Å². The largest absolute Gasteiger partial charge is 0.344 e. The Balaban J connectivity index is 1.91. The van der Waals surface area contributed by atoms with E-state index in [2.05, 4.69) is 10.3 Å². The molecule has 0 aliphatic heterocycles. The zero-order valence-corrected chi connectivity index (χ0v) is 14.1. The minimum Gasteiger partial charge on any atom is -0.344 e. The van der Waals surface area contributed by atoms with E-state index < -0.39 is 10.8 Å². The summed E-state index contributed by atoms with van der Waals surface area (Å²) in [5.41, 5.74) is 2.29. The Hall–Kier alpha value is -2.53. The molecule has 24 heavy (non-hydrogen) atoms. The minimum atomic E-state index is -1.02. The predicted molar refractivity (Wildman–Crippen MR) is 97.3 cm³/mol. The maximum atomic E-state index is 12.8. The Labute approximate surface area is 143 Å². The molecule has 0 aliphatic rings. The Morgan fingerprint density at radius 3 is 2.62 bits per heavy atom. The van der Waals surface area contributed by atoms with Crippen molar-refractivity contribution in [2.24, 2.45) is 0 Å². The van der Waals surface area contributed by atoms with Gasteiger partial charge in [0, 0.05) is 40.0 Å². The number of carbonyl (C=O) groups excluding carboxylic acids is 1. The number of nitrogens with zero attached hydrogens (tertiary/aromatic N) is 1. The lowest BCUT2D eigenvalue weighted by atomic mass is 10.1. The molecule has 0 spiro atoms. The second-order valence-corrected chi connectivity index (χ2v) is 7.03. The van der Waals surface area contributed by atoms with Crippen LogP contribution in [0.2, 0.25) is 0 Å². The lowest BCUT2D eigenvalue weighted by Gasteiger charge is -2.18. The average molecular weight is 338 g/mol. The first-order valence-electron chi connectivity index (χ1n) is 7.65. The number of carbonyl (C=O) groups is 1. The van der Waals surface area contributed by atoms with Crippen LogP contribution >= 0.6 is 0 Å². The fourth-order valence-electron chi connectivity index (χ4n) is 2.68. The van der Waals surface area contributed by atoms with E-state index in [-0.39, 0.29) is 11.9 Å². The quantitative estimate of drug-likeness (QED) is 0.778. The lowest BCUT2D eigenvalue weighted by Crippen LogP contribution is -2.32. The number of hydrogen-bond acceptors (Lipinski definition) is 3. The first-order valence-corrected chi connectivity index (χ1v) is 9.37. The molecule has 0 fully saturated rings. The summed E-state index contributed by atoms with van der Waals surface area (Å²) in [5, 5.41) is 3.82. The van der Waals surface area contributed by atoms with Crippen LogP contribution < -0.4 is 5.32 Å². The summed E-state index contributed by atoms with van der Waals surface area (Å²) in [5.74, 6) is 0.187. The number of benzene rings is 2. The third-order valence-corrected chi connectivity index (χ3v) is 4.60. The van der Waals surface area contributed by atoms with Gasteiger partial charge in [0.05, 0.1) is 11.6 Å². The molecule has 2 aromatic carbocycles. The summed E-state index contributed by atoms with van der Waals surface area (Å²) in [6.45, 7) is 0. The van der Waals surface area contributed by atoms with Gasteiger partial charge in [-0.05, 0) is 23.8 Å². The van der Waals surface area contributed by atoms with E-state index in [4.69, 9.17) is 0 Å². The normalized spacial score (nSPS) is 13.4. The Morgan fingerprint density at radius 2 is 1.88 bits per heavy atom. The van der Waals surface area contributed by atoms with E-state index >= 15 is 0 Å². The second kappa shape index (κ2) is 7.36. The molecule has 2 atom stereocenters. The van der Waals surface area contributed by atoms with Crippen molar-refractivity contribution >= 4 is 27.6 Å². The first kappa shape index (κ1) is 16.3. The van der Waals surface area contributed by atoms with Gasteiger partial charge in [-0.2, -0.15) is 0 Å². The molecule has 1 N–H and O–H groups in total. The summed E-state index contributed by atoms with van der Waals surface area (Å²) in [7, 11) is -1.02. The molecular weight excluding hydrogens is 320 g/mol. The third kappa shape index (κ3) is 3.68. The molecule has 1 aromatic heterocycles. The van der Waals surface area contributed by atoms with Crippen molar-refractivity contribution in [3.63, 3.8) is 0 Å². The van der Waals surface area contributed by atoms with Crippen molar-refractivity contribution in [3.05, 3.63) is 78.0 Å². The fraction of sp³-hybridized carbons (Fsp3) is 0.158. The van der Waals surface area contributed by atoms with Gasteiger partial charge in [0.2, 0.25) is 0 Å². The van der Waals surface area contributed by atoms with Crippen molar-refractivity contribution in [1.29, 1.82) is 0 Å². The molecular formula is C19H18N2O2S. The van der Waals surface area contributed by atoms with Crippen molar-refractivity contribution in [1.82, 2.24) is 10.3 Å². The minimum absolute atomic E-state index is 0.187. The molecule has 3 rings (SSSR count). The van der Waals surface area contributed by atoms with Gasteiger partial charge in [0.1, 0.15) is 0 Å². The number of rotatable bonds is 5. The van der Waals surface area contributed by atoms with Crippen LogP contribution in [-0.2, 0) is 10.8 Å². The number of aromatic nitrogens is 1. The zero-order valence-electron chi connectivity index (χ0n) is 13.3. The van der Waals surface area contributed by atoms with Gasteiger partial charge in [-0.3, -0.25) is 14.0 Å². The number of nitrogens with one attached hydrogen (secondary N) is 1. The SMILES string of the molecule is C[S@@](=O)C[C@H](NC(=O)c1cccc2ncccc12)c1ccccc1. The Bertz CT molecular complexity index is 875. The van der Waals surface area contributed by atoms with E-state index in [0.29, 0.717) is 11.3 Å². The van der Waals surface area contributed by atoms with Crippen molar-refractivity contribution in [3.8, 4) is 0 Å². The summed E-state index contributed by atoms with van der Waals surface area (Å²) in [4.78, 5) is 17.1. The summed E-state index contributed by atoms with van der Waals surface area (Å²) in [6.07, 6.45) is 3.35. The highest BCUT2D eigenvalue weighted by Gasteiger charge is 2.18. The van der Waals surface area contributed by atoms with Crippen LogP contribution in [0.5, 0.6) is 0 Å². The van der Waals surface area contributed by atoms with Crippen LogP contribution in [0.4, 0.5) is 0 Å². The van der Waals surface area contributed by atoms with Gasteiger partial charge in [-0.1, -0.05) is 42.5 Å². The van der Waals surface area contributed by atoms with Crippen molar-refractivity contribution in [2.45, 2.75) is 6.04 Å². The molecule has 0 saturated carbocycles. The molecule has 1 heterocycles. The van der Waals surface area contributed by atoms with Crippen LogP contribution in [0.3, 0.4) is 0 Å². The number of amides is 1.